The van der Waals surface area contributed by atoms with Crippen LogP contribution in [0.5, 0.6) is 0 Å². The minimum absolute atomic E-state index is 0.00379. The van der Waals surface area contributed by atoms with Gasteiger partial charge in [0.1, 0.15) is 23.3 Å². The Kier molecular flexibility index (Phi) is 6.63. The molecule has 2 rings (SSSR count). The highest BCUT2D eigenvalue weighted by Crippen LogP contribution is 2.39. The molecule has 0 aromatic heterocycles. The van der Waals surface area contributed by atoms with Gasteiger partial charge in [0, 0.05) is 12.6 Å². The van der Waals surface area contributed by atoms with Gasteiger partial charge in [0.25, 0.3) is 0 Å². The Morgan fingerprint density at radius 3 is 2.25 bits per heavy atom. The van der Waals surface area contributed by atoms with Crippen molar-refractivity contribution in [1.82, 2.24) is 10.2 Å². The van der Waals surface area contributed by atoms with Crippen molar-refractivity contribution in [3.05, 3.63) is 0 Å². The summed E-state index contributed by atoms with van der Waals surface area (Å²) < 4.78 is 10.8. The first-order chi connectivity index (χ1) is 12.8. The van der Waals surface area contributed by atoms with Crippen LogP contribution in [0.1, 0.15) is 67.2 Å². The van der Waals surface area contributed by atoms with Gasteiger partial charge in [0.15, 0.2) is 0 Å². The van der Waals surface area contributed by atoms with Crippen molar-refractivity contribution >= 4 is 18.0 Å². The molecule has 2 amide bonds. The Morgan fingerprint density at radius 1 is 1.11 bits per heavy atom. The van der Waals surface area contributed by atoms with E-state index in [1.807, 2.05) is 0 Å². The molecule has 2 N–H and O–H groups in total. The summed E-state index contributed by atoms with van der Waals surface area (Å²) in [5, 5.41) is 12.0. The zero-order valence-corrected chi connectivity index (χ0v) is 17.8. The minimum Gasteiger partial charge on any atom is -0.458 e. The fourth-order valence-corrected chi connectivity index (χ4v) is 3.99. The number of alkyl carbamates (subject to hydrolysis) is 1. The van der Waals surface area contributed by atoms with Crippen LogP contribution in [0.15, 0.2) is 0 Å². The second-order valence-electron chi connectivity index (χ2n) is 9.65. The van der Waals surface area contributed by atoms with Crippen LogP contribution in [0.3, 0.4) is 0 Å². The molecule has 28 heavy (non-hydrogen) atoms. The van der Waals surface area contributed by atoms with Crippen molar-refractivity contribution in [2.24, 2.45) is 5.92 Å². The molecule has 160 valence electrons. The highest BCUT2D eigenvalue weighted by molar-refractivity contribution is 5.91. The second-order valence-corrected chi connectivity index (χ2v) is 9.65. The third kappa shape index (κ3) is 5.59. The lowest BCUT2D eigenvalue weighted by Crippen LogP contribution is -2.58. The third-order valence-electron chi connectivity index (χ3n) is 4.94. The average Bonchev–Trinajstić information content (AvgIpc) is 2.86. The molecule has 0 aliphatic carbocycles. The number of rotatable bonds is 4. The van der Waals surface area contributed by atoms with E-state index in [0.29, 0.717) is 25.7 Å². The van der Waals surface area contributed by atoms with Gasteiger partial charge in [-0.15, -0.1) is 0 Å². The molecular weight excluding hydrogens is 364 g/mol. The molecule has 8 heteroatoms. The van der Waals surface area contributed by atoms with E-state index in [1.165, 1.54) is 0 Å². The second kappa shape index (κ2) is 8.27. The third-order valence-corrected chi connectivity index (χ3v) is 4.94. The topological polar surface area (TPSA) is 105 Å². The van der Waals surface area contributed by atoms with E-state index in [4.69, 9.17) is 9.47 Å². The zero-order valence-electron chi connectivity index (χ0n) is 17.8. The maximum atomic E-state index is 13.1. The number of hydrogen-bond acceptors (Lipinski definition) is 6. The number of hydrogen-bond donors (Lipinski definition) is 2. The molecule has 4 atom stereocenters. The first-order valence-electron chi connectivity index (χ1n) is 9.98. The minimum atomic E-state index is -0.732. The molecule has 0 aromatic carbocycles. The lowest BCUT2D eigenvalue weighted by atomic mass is 9.89. The smallest absolute Gasteiger partial charge is 0.408 e. The maximum absolute atomic E-state index is 13.1. The number of piperidine rings is 1. The van der Waals surface area contributed by atoms with Crippen molar-refractivity contribution in [3.8, 4) is 0 Å². The van der Waals surface area contributed by atoms with Crippen molar-refractivity contribution in [3.63, 3.8) is 0 Å². The average molecular weight is 399 g/mol. The summed E-state index contributed by atoms with van der Waals surface area (Å²) in [6.45, 7) is 10.6. The van der Waals surface area contributed by atoms with Crippen LogP contribution in [0, 0.1) is 5.92 Å². The molecule has 2 heterocycles. The molecule has 2 aliphatic rings. The number of fused-ring (bicyclic) bond motifs is 1. The summed E-state index contributed by atoms with van der Waals surface area (Å²) in [4.78, 5) is 39.5. The Hall–Kier alpha value is -1.83. The van der Waals surface area contributed by atoms with E-state index >= 15 is 0 Å². The standard InChI is InChI=1S/C20H34N2O6/c1-19(2,3)27-17(25)15-11-12(9-10-23)14-8-7-13(16(24)22(14)15)21-18(26)28-20(4,5)6/h12-15,23H,7-11H2,1-6H3,(H,21,26). The molecule has 0 aromatic rings. The van der Waals surface area contributed by atoms with Gasteiger partial charge in [0.2, 0.25) is 5.91 Å². The summed E-state index contributed by atoms with van der Waals surface area (Å²) in [7, 11) is 0. The number of carbonyl (C=O) groups excluding carboxylic acids is 3. The number of amides is 2. The lowest BCUT2D eigenvalue weighted by Gasteiger charge is -2.39. The number of nitrogens with zero attached hydrogens (tertiary/aromatic N) is 1. The van der Waals surface area contributed by atoms with Crippen LogP contribution >= 0.6 is 0 Å². The maximum Gasteiger partial charge on any atom is 0.408 e. The molecule has 8 nitrogen and oxygen atoms in total. The molecule has 0 spiro atoms. The summed E-state index contributed by atoms with van der Waals surface area (Å²) in [6.07, 6.45) is 1.46. The Labute approximate surface area is 166 Å². The summed E-state index contributed by atoms with van der Waals surface area (Å²) in [5.41, 5.74) is -1.32. The summed E-state index contributed by atoms with van der Waals surface area (Å²) in [6, 6.07) is -1.56. The van der Waals surface area contributed by atoms with E-state index in [1.54, 1.807) is 46.4 Å². The van der Waals surface area contributed by atoms with Crippen LogP contribution in [0.2, 0.25) is 0 Å². The number of carbonyl (C=O) groups is 3. The number of ether oxygens (including phenoxy) is 2. The van der Waals surface area contributed by atoms with Crippen LogP contribution in [0.4, 0.5) is 4.79 Å². The van der Waals surface area contributed by atoms with Gasteiger partial charge < -0.3 is 24.8 Å². The lowest BCUT2D eigenvalue weighted by molar-refractivity contribution is -0.165. The van der Waals surface area contributed by atoms with Crippen LogP contribution < -0.4 is 5.32 Å². The van der Waals surface area contributed by atoms with Crippen LogP contribution in [0.25, 0.3) is 0 Å². The van der Waals surface area contributed by atoms with Gasteiger partial charge in [-0.3, -0.25) is 4.79 Å². The first-order valence-corrected chi connectivity index (χ1v) is 9.98. The molecular formula is C20H34N2O6. The number of aliphatic hydroxyl groups is 1. The molecule has 0 saturated carbocycles. The molecule has 0 radical (unpaired) electrons. The highest BCUT2D eigenvalue weighted by atomic mass is 16.6. The molecule has 2 aliphatic heterocycles. The van der Waals surface area contributed by atoms with Crippen LogP contribution in [-0.2, 0) is 19.1 Å². The van der Waals surface area contributed by atoms with Gasteiger partial charge in [0.05, 0.1) is 0 Å². The molecule has 2 fully saturated rings. The number of esters is 1. The fourth-order valence-electron chi connectivity index (χ4n) is 3.99. The number of aliphatic hydroxyl groups excluding tert-OH is 1. The van der Waals surface area contributed by atoms with E-state index in [2.05, 4.69) is 5.32 Å². The quantitative estimate of drug-likeness (QED) is 0.702. The van der Waals surface area contributed by atoms with Crippen molar-refractivity contribution in [1.29, 1.82) is 0 Å². The summed E-state index contributed by atoms with van der Waals surface area (Å²) in [5.74, 6) is -0.698. The van der Waals surface area contributed by atoms with Crippen LogP contribution in [-0.4, -0.2) is 63.9 Å². The Bertz CT molecular complexity index is 607. The van der Waals surface area contributed by atoms with Crippen molar-refractivity contribution in [2.45, 2.75) is 96.6 Å². The predicted octanol–water partition coefficient (Wildman–Crippen LogP) is 1.98. The van der Waals surface area contributed by atoms with Gasteiger partial charge in [-0.25, -0.2) is 9.59 Å². The Morgan fingerprint density at radius 2 is 1.71 bits per heavy atom. The largest absolute Gasteiger partial charge is 0.458 e. The zero-order chi connectivity index (χ0) is 21.3. The molecule has 0 bridgehead atoms. The van der Waals surface area contributed by atoms with Gasteiger partial charge in [-0.05, 0) is 73.1 Å². The molecule has 2 saturated heterocycles. The SMILES string of the molecule is CC(C)(C)OC(=O)NC1CCC2C(CCO)CC(C(=O)OC(C)(C)C)N2C1=O. The van der Waals surface area contributed by atoms with E-state index < -0.39 is 35.3 Å². The first kappa shape index (κ1) is 22.5. The normalized spacial score (nSPS) is 28.0. The van der Waals surface area contributed by atoms with E-state index in [9.17, 15) is 19.5 Å². The van der Waals surface area contributed by atoms with Gasteiger partial charge in [-0.1, -0.05) is 0 Å². The fraction of sp³-hybridized carbons (Fsp3) is 0.850. The highest BCUT2D eigenvalue weighted by Gasteiger charge is 2.51. The monoisotopic (exact) mass is 398 g/mol. The van der Waals surface area contributed by atoms with Crippen molar-refractivity contribution < 1.29 is 29.0 Å². The predicted molar refractivity (Wildman–Crippen MR) is 102 cm³/mol. The summed E-state index contributed by atoms with van der Waals surface area (Å²) >= 11 is 0. The van der Waals surface area contributed by atoms with Crippen molar-refractivity contribution in [2.75, 3.05) is 6.61 Å². The van der Waals surface area contributed by atoms with Gasteiger partial charge >= 0.3 is 12.1 Å². The van der Waals surface area contributed by atoms with Gasteiger partial charge in [-0.2, -0.15) is 0 Å². The van der Waals surface area contributed by atoms with E-state index in [0.717, 1.165) is 0 Å². The van der Waals surface area contributed by atoms with E-state index in [-0.39, 0.29) is 24.5 Å². The Balaban J connectivity index is 2.16. The number of nitrogens with one attached hydrogen (secondary N) is 1. The molecule has 4 unspecified atom stereocenters.